The standard InChI is InChI=1S/C13H11N/c1-2-4-12-10(3-1)5-6-11-9-14-8-7-13(11)12/h1-6,9H,7-8H2. The Bertz CT molecular complexity index is 512. The predicted molar refractivity (Wildman–Crippen MR) is 60.1 cm³/mol. The average molecular weight is 181 g/mol. The molecule has 0 aromatic heterocycles. The number of hydrogen-bond donors (Lipinski definition) is 0. The summed E-state index contributed by atoms with van der Waals surface area (Å²) < 4.78 is 0. The Morgan fingerprint density at radius 2 is 1.93 bits per heavy atom. The molecule has 14 heavy (non-hydrogen) atoms. The SMILES string of the molecule is C1=NCCc2c1ccc1ccccc21. The highest BCUT2D eigenvalue weighted by atomic mass is 14.7. The van der Waals surface area contributed by atoms with Crippen LogP contribution in [0.1, 0.15) is 11.1 Å². The zero-order valence-corrected chi connectivity index (χ0v) is 7.90. The highest BCUT2D eigenvalue weighted by Gasteiger charge is 2.08. The fourth-order valence-corrected chi connectivity index (χ4v) is 2.09. The van der Waals surface area contributed by atoms with Crippen molar-refractivity contribution >= 4 is 17.0 Å². The third-order valence-corrected chi connectivity index (χ3v) is 2.80. The maximum atomic E-state index is 4.30. The number of nitrogens with zero attached hydrogens (tertiary/aromatic N) is 1. The van der Waals surface area contributed by atoms with E-state index in [1.807, 2.05) is 6.21 Å². The molecule has 0 bridgehead atoms. The third kappa shape index (κ3) is 1.06. The zero-order chi connectivity index (χ0) is 9.38. The van der Waals surface area contributed by atoms with Crippen LogP contribution in [0.15, 0.2) is 41.4 Å². The van der Waals surface area contributed by atoms with Gasteiger partial charge in [-0.05, 0) is 28.3 Å². The van der Waals surface area contributed by atoms with Gasteiger partial charge in [0.2, 0.25) is 0 Å². The average Bonchev–Trinajstić information content (AvgIpc) is 2.29. The van der Waals surface area contributed by atoms with Crippen LogP contribution in [0, 0.1) is 0 Å². The third-order valence-electron chi connectivity index (χ3n) is 2.80. The Balaban J connectivity index is 2.41. The maximum absolute atomic E-state index is 4.30. The van der Waals surface area contributed by atoms with Crippen molar-refractivity contribution < 1.29 is 0 Å². The minimum Gasteiger partial charge on any atom is -0.292 e. The first kappa shape index (κ1) is 7.74. The highest BCUT2D eigenvalue weighted by Crippen LogP contribution is 2.23. The minimum atomic E-state index is 0.932. The lowest BCUT2D eigenvalue weighted by molar-refractivity contribution is 0.961. The molecule has 0 fully saturated rings. The largest absolute Gasteiger partial charge is 0.292 e. The van der Waals surface area contributed by atoms with Crippen molar-refractivity contribution in [3.8, 4) is 0 Å². The smallest absolute Gasteiger partial charge is 0.0430 e. The summed E-state index contributed by atoms with van der Waals surface area (Å²) in [5.41, 5.74) is 2.74. The van der Waals surface area contributed by atoms with Gasteiger partial charge < -0.3 is 0 Å². The molecule has 68 valence electrons. The summed E-state index contributed by atoms with van der Waals surface area (Å²) in [6.45, 7) is 0.932. The molecule has 1 aliphatic rings. The lowest BCUT2D eigenvalue weighted by Crippen LogP contribution is -2.03. The summed E-state index contributed by atoms with van der Waals surface area (Å²) in [4.78, 5) is 4.30. The first-order valence-corrected chi connectivity index (χ1v) is 4.95. The molecule has 0 radical (unpaired) electrons. The second kappa shape index (κ2) is 2.95. The molecule has 1 heteroatoms. The van der Waals surface area contributed by atoms with Crippen LogP contribution in [0.3, 0.4) is 0 Å². The van der Waals surface area contributed by atoms with Gasteiger partial charge in [0, 0.05) is 12.8 Å². The molecule has 0 atom stereocenters. The van der Waals surface area contributed by atoms with Gasteiger partial charge in [0.05, 0.1) is 0 Å². The fourth-order valence-electron chi connectivity index (χ4n) is 2.09. The van der Waals surface area contributed by atoms with Crippen molar-refractivity contribution in [2.24, 2.45) is 4.99 Å². The van der Waals surface area contributed by atoms with Crippen LogP contribution in [-0.2, 0) is 6.42 Å². The summed E-state index contributed by atoms with van der Waals surface area (Å²) in [6, 6.07) is 12.9. The van der Waals surface area contributed by atoms with Crippen LogP contribution in [0.5, 0.6) is 0 Å². The van der Waals surface area contributed by atoms with Gasteiger partial charge in [0.15, 0.2) is 0 Å². The molecule has 3 rings (SSSR count). The molecule has 0 saturated carbocycles. The molecule has 0 unspecified atom stereocenters. The fraction of sp³-hybridized carbons (Fsp3) is 0.154. The van der Waals surface area contributed by atoms with E-state index >= 15 is 0 Å². The maximum Gasteiger partial charge on any atom is 0.0430 e. The molecule has 0 spiro atoms. The molecule has 0 N–H and O–H groups in total. The Morgan fingerprint density at radius 1 is 1.00 bits per heavy atom. The molecule has 1 heterocycles. The number of hydrogen-bond acceptors (Lipinski definition) is 1. The topological polar surface area (TPSA) is 12.4 Å². The van der Waals surface area contributed by atoms with Crippen molar-refractivity contribution in [2.45, 2.75) is 6.42 Å². The minimum absolute atomic E-state index is 0.932. The van der Waals surface area contributed by atoms with Crippen LogP contribution in [0.25, 0.3) is 10.8 Å². The van der Waals surface area contributed by atoms with Crippen LogP contribution in [0.2, 0.25) is 0 Å². The van der Waals surface area contributed by atoms with Gasteiger partial charge in [-0.15, -0.1) is 0 Å². The normalized spacial score (nSPS) is 14.3. The van der Waals surface area contributed by atoms with Crippen LogP contribution >= 0.6 is 0 Å². The number of fused-ring (bicyclic) bond motifs is 3. The summed E-state index contributed by atoms with van der Waals surface area (Å²) in [5.74, 6) is 0. The second-order valence-electron chi connectivity index (χ2n) is 3.64. The van der Waals surface area contributed by atoms with Gasteiger partial charge in [0.1, 0.15) is 0 Å². The monoisotopic (exact) mass is 181 g/mol. The molecule has 0 amide bonds. The lowest BCUT2D eigenvalue weighted by atomic mass is 9.96. The molecule has 2 aromatic carbocycles. The van der Waals surface area contributed by atoms with Gasteiger partial charge >= 0.3 is 0 Å². The number of aliphatic imine (C=N–C) groups is 1. The Kier molecular flexibility index (Phi) is 1.63. The van der Waals surface area contributed by atoms with E-state index in [-0.39, 0.29) is 0 Å². The molecule has 0 aliphatic carbocycles. The lowest BCUT2D eigenvalue weighted by Gasteiger charge is -2.12. The second-order valence-corrected chi connectivity index (χ2v) is 3.64. The number of benzene rings is 2. The van der Waals surface area contributed by atoms with E-state index in [2.05, 4.69) is 41.4 Å². The molecule has 1 nitrogen and oxygen atoms in total. The van der Waals surface area contributed by atoms with E-state index in [1.165, 1.54) is 21.9 Å². The summed E-state index contributed by atoms with van der Waals surface area (Å²) in [6.07, 6.45) is 3.07. The Hall–Kier alpha value is -1.63. The van der Waals surface area contributed by atoms with Crippen LogP contribution in [0.4, 0.5) is 0 Å². The first-order valence-electron chi connectivity index (χ1n) is 4.95. The van der Waals surface area contributed by atoms with E-state index < -0.39 is 0 Å². The van der Waals surface area contributed by atoms with E-state index in [0.29, 0.717) is 0 Å². The van der Waals surface area contributed by atoms with Gasteiger partial charge in [-0.1, -0.05) is 36.4 Å². The van der Waals surface area contributed by atoms with E-state index in [0.717, 1.165) is 13.0 Å². The molecule has 0 saturated heterocycles. The van der Waals surface area contributed by atoms with E-state index in [4.69, 9.17) is 0 Å². The Labute approximate surface area is 83.1 Å². The van der Waals surface area contributed by atoms with Gasteiger partial charge in [0.25, 0.3) is 0 Å². The van der Waals surface area contributed by atoms with E-state index in [1.54, 1.807) is 0 Å². The van der Waals surface area contributed by atoms with Crippen molar-refractivity contribution in [1.82, 2.24) is 0 Å². The number of rotatable bonds is 0. The van der Waals surface area contributed by atoms with Crippen molar-refractivity contribution in [1.29, 1.82) is 0 Å². The first-order chi connectivity index (χ1) is 6.95. The summed E-state index contributed by atoms with van der Waals surface area (Å²) in [7, 11) is 0. The zero-order valence-electron chi connectivity index (χ0n) is 7.90. The summed E-state index contributed by atoms with van der Waals surface area (Å²) in [5, 5.41) is 2.72. The Morgan fingerprint density at radius 3 is 2.93 bits per heavy atom. The van der Waals surface area contributed by atoms with Crippen LogP contribution in [-0.4, -0.2) is 12.8 Å². The molecule has 2 aromatic rings. The van der Waals surface area contributed by atoms with Crippen molar-refractivity contribution in [3.05, 3.63) is 47.5 Å². The molecule has 1 aliphatic heterocycles. The highest BCUT2D eigenvalue weighted by molar-refractivity contribution is 5.95. The summed E-state index contributed by atoms with van der Waals surface area (Å²) >= 11 is 0. The van der Waals surface area contributed by atoms with Crippen molar-refractivity contribution in [3.63, 3.8) is 0 Å². The predicted octanol–water partition coefficient (Wildman–Crippen LogP) is 2.81. The van der Waals surface area contributed by atoms with Crippen molar-refractivity contribution in [2.75, 3.05) is 6.54 Å². The van der Waals surface area contributed by atoms with E-state index in [9.17, 15) is 0 Å². The van der Waals surface area contributed by atoms with Gasteiger partial charge in [-0.2, -0.15) is 0 Å². The van der Waals surface area contributed by atoms with Crippen LogP contribution < -0.4 is 0 Å². The van der Waals surface area contributed by atoms with Gasteiger partial charge in [-0.25, -0.2) is 0 Å². The molecular formula is C13H11N. The molecular weight excluding hydrogens is 170 g/mol. The quantitative estimate of drug-likeness (QED) is 0.592. The van der Waals surface area contributed by atoms with Gasteiger partial charge in [-0.3, -0.25) is 4.99 Å².